The zero-order valence-corrected chi connectivity index (χ0v) is 69.5. The second-order valence-corrected chi connectivity index (χ2v) is 30.6. The highest BCUT2D eigenvalue weighted by Crippen LogP contribution is 2.45. The molecular weight excluding hydrogens is 1400 g/mol. The lowest BCUT2D eigenvalue weighted by molar-refractivity contribution is -0.161. The molecule has 108 heavy (non-hydrogen) atoms. The number of esters is 4. The molecule has 0 aromatic carbocycles. The number of carbonyl (C=O) groups excluding carboxylic acids is 4. The van der Waals surface area contributed by atoms with Gasteiger partial charge in [-0.1, -0.05) is 315 Å². The fourth-order valence-electron chi connectivity index (χ4n) is 10.8. The molecule has 19 heteroatoms. The van der Waals surface area contributed by atoms with Crippen LogP contribution in [-0.4, -0.2) is 96.7 Å². The Morgan fingerprint density at radius 3 is 0.731 bits per heavy atom. The first-order valence-corrected chi connectivity index (χ1v) is 45.1. The zero-order chi connectivity index (χ0) is 78.9. The predicted octanol–water partition coefficient (Wildman–Crippen LogP) is 25.0. The second-order valence-electron chi connectivity index (χ2n) is 27.7. The van der Waals surface area contributed by atoms with Gasteiger partial charge >= 0.3 is 39.5 Å². The van der Waals surface area contributed by atoms with Gasteiger partial charge in [0.2, 0.25) is 0 Å². The monoisotopic (exact) mass is 1550 g/mol. The van der Waals surface area contributed by atoms with Gasteiger partial charge in [-0.05, 0) is 141 Å². The summed E-state index contributed by atoms with van der Waals surface area (Å²) >= 11 is 0. The van der Waals surface area contributed by atoms with Crippen LogP contribution in [0.1, 0.15) is 336 Å². The maximum Gasteiger partial charge on any atom is 0.472 e. The molecule has 0 aromatic rings. The number of unbranched alkanes of at least 4 members (excludes halogenated alkanes) is 28. The number of hydrogen-bond donors (Lipinski definition) is 3. The van der Waals surface area contributed by atoms with Crippen LogP contribution in [-0.2, 0) is 65.4 Å². The average Bonchev–Trinajstić information content (AvgIpc) is 0.880. The van der Waals surface area contributed by atoms with Gasteiger partial charge in [0.1, 0.15) is 19.3 Å². The molecular formula is C89H150O17P2. The lowest BCUT2D eigenvalue weighted by Gasteiger charge is -2.21. The number of ether oxygens (including phenoxy) is 4. The number of carbonyl (C=O) groups is 4. The van der Waals surface area contributed by atoms with Gasteiger partial charge in [0.25, 0.3) is 0 Å². The molecule has 0 aliphatic carbocycles. The molecule has 0 aromatic heterocycles. The Balaban J connectivity index is 5.52. The van der Waals surface area contributed by atoms with Crippen LogP contribution in [0.5, 0.6) is 0 Å². The smallest absolute Gasteiger partial charge is 0.462 e. The number of phosphoric ester groups is 2. The molecule has 0 radical (unpaired) electrons. The summed E-state index contributed by atoms with van der Waals surface area (Å²) in [5.74, 6) is -2.37. The quantitative estimate of drug-likeness (QED) is 0.0169. The van der Waals surface area contributed by atoms with E-state index in [-0.39, 0.29) is 25.7 Å². The lowest BCUT2D eigenvalue weighted by Crippen LogP contribution is -2.30. The van der Waals surface area contributed by atoms with Crippen molar-refractivity contribution in [2.24, 2.45) is 0 Å². The summed E-state index contributed by atoms with van der Waals surface area (Å²) in [6, 6.07) is 0. The Morgan fingerprint density at radius 2 is 0.463 bits per heavy atom. The highest BCUT2D eigenvalue weighted by molar-refractivity contribution is 7.47. The Labute approximate surface area is 656 Å². The molecule has 0 amide bonds. The van der Waals surface area contributed by atoms with E-state index in [1.165, 1.54) is 135 Å². The second kappa shape index (κ2) is 80.0. The normalized spacial score (nSPS) is 14.5. The van der Waals surface area contributed by atoms with E-state index in [4.69, 9.17) is 37.0 Å². The van der Waals surface area contributed by atoms with Crippen molar-refractivity contribution in [2.75, 3.05) is 39.6 Å². The van der Waals surface area contributed by atoms with Crippen LogP contribution in [0.4, 0.5) is 0 Å². The highest BCUT2D eigenvalue weighted by atomic mass is 31.2. The summed E-state index contributed by atoms with van der Waals surface area (Å²) in [5, 5.41) is 10.7. The van der Waals surface area contributed by atoms with Gasteiger partial charge in [0.15, 0.2) is 12.2 Å². The van der Waals surface area contributed by atoms with Crippen molar-refractivity contribution in [1.29, 1.82) is 0 Å². The summed E-state index contributed by atoms with van der Waals surface area (Å²) < 4.78 is 68.6. The SMILES string of the molecule is CCCCC/C=C\C/C=C\C/C=C\C/C=C\CCCC(=O)OC[C@H](COP(=O)(O)OC[C@@H](O)COP(=O)(O)OC[C@@H](COC(=O)CCC/C=C\C/C=C\C/C=C\C/C=C\CCCCC)OC(=O)CCCCCCCCCCCCCCCCCCC)OC(=O)CCC/C=C\C/C=C\C/C=C\C/C=C\CCCCC. The molecule has 618 valence electrons. The van der Waals surface area contributed by atoms with Crippen molar-refractivity contribution >= 4 is 39.5 Å². The third-order valence-corrected chi connectivity index (χ3v) is 19.2. The molecule has 17 nitrogen and oxygen atoms in total. The van der Waals surface area contributed by atoms with Gasteiger partial charge in [0.05, 0.1) is 26.4 Å². The number of hydrogen-bond acceptors (Lipinski definition) is 15. The van der Waals surface area contributed by atoms with Crippen molar-refractivity contribution in [2.45, 2.75) is 354 Å². The van der Waals surface area contributed by atoms with E-state index in [1.807, 2.05) is 36.5 Å². The van der Waals surface area contributed by atoms with Crippen molar-refractivity contribution in [3.8, 4) is 0 Å². The van der Waals surface area contributed by atoms with Gasteiger partial charge in [-0.2, -0.15) is 0 Å². The van der Waals surface area contributed by atoms with Crippen LogP contribution in [0, 0.1) is 0 Å². The van der Waals surface area contributed by atoms with Gasteiger partial charge in [0, 0.05) is 25.7 Å². The summed E-state index contributed by atoms with van der Waals surface area (Å²) in [4.78, 5) is 73.1. The molecule has 0 aliphatic rings. The fraction of sp³-hybridized carbons (Fsp3) is 0.685. The van der Waals surface area contributed by atoms with Crippen LogP contribution in [0.25, 0.3) is 0 Å². The summed E-state index contributed by atoms with van der Waals surface area (Å²) in [6.07, 6.45) is 92.7. The summed E-state index contributed by atoms with van der Waals surface area (Å²) in [5.41, 5.74) is 0. The minimum atomic E-state index is -5.01. The van der Waals surface area contributed by atoms with E-state index in [0.717, 1.165) is 103 Å². The molecule has 0 heterocycles. The van der Waals surface area contributed by atoms with Crippen LogP contribution < -0.4 is 0 Å². The van der Waals surface area contributed by atoms with Gasteiger partial charge < -0.3 is 33.8 Å². The van der Waals surface area contributed by atoms with Gasteiger partial charge in [-0.3, -0.25) is 37.3 Å². The van der Waals surface area contributed by atoms with E-state index >= 15 is 0 Å². The summed E-state index contributed by atoms with van der Waals surface area (Å²) in [6.45, 7) is 4.63. The molecule has 0 aliphatic heterocycles. The molecule has 0 spiro atoms. The van der Waals surface area contributed by atoms with Crippen molar-refractivity contribution in [1.82, 2.24) is 0 Å². The third-order valence-electron chi connectivity index (χ3n) is 17.3. The Hall–Kier alpha value is -5.06. The minimum Gasteiger partial charge on any atom is -0.462 e. The number of phosphoric acid groups is 2. The first-order chi connectivity index (χ1) is 52.7. The van der Waals surface area contributed by atoms with Crippen LogP contribution in [0.3, 0.4) is 0 Å². The maximum atomic E-state index is 13.1. The largest absolute Gasteiger partial charge is 0.472 e. The number of rotatable bonds is 78. The Bertz CT molecular complexity index is 2610. The maximum absolute atomic E-state index is 13.1. The summed E-state index contributed by atoms with van der Waals surface area (Å²) in [7, 11) is -10.0. The third kappa shape index (κ3) is 79.0. The van der Waals surface area contributed by atoms with Gasteiger partial charge in [-0.25, -0.2) is 9.13 Å². The molecule has 3 N–H and O–H groups in total. The van der Waals surface area contributed by atoms with Crippen molar-refractivity contribution in [3.63, 3.8) is 0 Å². The first-order valence-electron chi connectivity index (χ1n) is 42.1. The number of aliphatic hydroxyl groups is 1. The molecule has 0 rings (SSSR count). The lowest BCUT2D eigenvalue weighted by atomic mass is 10.0. The van der Waals surface area contributed by atoms with E-state index in [0.29, 0.717) is 44.9 Å². The molecule has 0 fully saturated rings. The molecule has 5 atom stereocenters. The predicted molar refractivity (Wildman–Crippen MR) is 445 cm³/mol. The van der Waals surface area contributed by atoms with Crippen molar-refractivity contribution in [3.05, 3.63) is 146 Å². The van der Waals surface area contributed by atoms with Crippen LogP contribution in [0.15, 0.2) is 146 Å². The van der Waals surface area contributed by atoms with E-state index in [9.17, 15) is 43.2 Å². The zero-order valence-electron chi connectivity index (χ0n) is 67.7. The average molecular weight is 1550 g/mol. The van der Waals surface area contributed by atoms with Gasteiger partial charge in [-0.15, -0.1) is 0 Å². The molecule has 0 saturated heterocycles. The van der Waals surface area contributed by atoms with Crippen molar-refractivity contribution < 1.29 is 80.2 Å². The fourth-order valence-corrected chi connectivity index (χ4v) is 12.4. The number of allylic oxidation sites excluding steroid dienone is 24. The molecule has 0 bridgehead atoms. The molecule has 0 saturated carbocycles. The van der Waals surface area contributed by atoms with E-state index in [1.54, 1.807) is 0 Å². The highest BCUT2D eigenvalue weighted by Gasteiger charge is 2.30. The standard InChI is InChI=1S/C89H150O17P2/c1-5-9-13-17-21-25-29-33-37-41-45-49-53-57-61-65-69-73-86(91)99-79-84(105-88(93)75-71-67-63-59-55-51-47-43-39-35-31-27-23-19-15-11-7-3)81-103-107(95,96)101-77-83(90)78-102-108(97,98)104-82-85(106-89(94)76-72-68-64-60-56-52-48-44-40-36-32-28-24-20-16-12-8-4)80-100-87(92)74-70-66-62-58-54-50-46-42-38-34-30-26-22-18-14-10-6-2/h21-23,25-27,33-35,37-39,45-47,49-51,57-59,61-63,83-85,90H,5-20,24,28-32,36,40-44,48,52-56,60,64-82H2,1-4H3,(H,95,96)(H,97,98)/b25-21-,26-22-,27-23-,37-33-,38-34-,39-35-,49-45-,50-46-,51-47-,61-57-,62-58-,63-59-/t83-,84-,85-/m1/s1. The first kappa shape index (κ1) is 103. The Morgan fingerprint density at radius 1 is 0.259 bits per heavy atom. The minimum absolute atomic E-state index is 0.00259. The van der Waals surface area contributed by atoms with E-state index < -0.39 is 97.5 Å². The van der Waals surface area contributed by atoms with E-state index in [2.05, 4.69) is 137 Å². The van der Waals surface area contributed by atoms with Crippen LogP contribution in [0.2, 0.25) is 0 Å². The van der Waals surface area contributed by atoms with Crippen LogP contribution >= 0.6 is 15.6 Å². The topological polar surface area (TPSA) is 237 Å². The Kier molecular flexibility index (Phi) is 76.3. The molecule has 2 unspecified atom stereocenters. The number of aliphatic hydroxyl groups excluding tert-OH is 1.